The Bertz CT molecular complexity index is 193. The Hall–Kier alpha value is -0.860. The predicted molar refractivity (Wildman–Crippen MR) is 50.3 cm³/mol. The van der Waals surface area contributed by atoms with E-state index in [1.165, 1.54) is 26.2 Å². The Balaban J connectivity index is 2.45. The van der Waals surface area contributed by atoms with Crippen molar-refractivity contribution >= 4 is 11.7 Å². The van der Waals surface area contributed by atoms with Gasteiger partial charge in [-0.1, -0.05) is 19.3 Å². The van der Waals surface area contributed by atoms with E-state index in [0.29, 0.717) is 0 Å². The highest BCUT2D eigenvalue weighted by Gasteiger charge is 2.17. The van der Waals surface area contributed by atoms with Crippen LogP contribution in [0.1, 0.15) is 39.0 Å². The molecule has 0 aromatic rings. The van der Waals surface area contributed by atoms with E-state index in [-0.39, 0.29) is 11.7 Å². The van der Waals surface area contributed by atoms with Gasteiger partial charge in [0.25, 0.3) is 5.91 Å². The molecular formula is C10H17NO2. The molecule has 0 atom stereocenters. The average Bonchev–Trinajstić information content (AvgIpc) is 2.02. The van der Waals surface area contributed by atoms with Crippen LogP contribution >= 0.6 is 0 Å². The summed E-state index contributed by atoms with van der Waals surface area (Å²) in [5, 5.41) is 0. The number of hydrogen-bond acceptors (Lipinski definition) is 2. The second-order valence-corrected chi connectivity index (χ2v) is 3.62. The second kappa shape index (κ2) is 5.00. The molecule has 13 heavy (non-hydrogen) atoms. The number of Topliss-reactive ketones (excluding diaryl/α,β-unsaturated/α-hetero) is 1. The highest BCUT2D eigenvalue weighted by atomic mass is 16.2. The minimum Gasteiger partial charge on any atom is -0.336 e. The Kier molecular flexibility index (Phi) is 3.93. The monoisotopic (exact) mass is 183 g/mol. The zero-order valence-electron chi connectivity index (χ0n) is 8.21. The van der Waals surface area contributed by atoms with Crippen molar-refractivity contribution in [2.75, 3.05) is 13.1 Å². The Morgan fingerprint density at radius 3 is 1.85 bits per heavy atom. The number of hydrogen-bond donors (Lipinski definition) is 0. The molecule has 1 rings (SSSR count). The zero-order chi connectivity index (χ0) is 9.68. The number of amides is 1. The summed E-state index contributed by atoms with van der Waals surface area (Å²) in [4.78, 5) is 23.9. The van der Waals surface area contributed by atoms with Crippen molar-refractivity contribution in [2.45, 2.75) is 39.0 Å². The molecule has 1 aliphatic rings. The molecule has 1 amide bonds. The van der Waals surface area contributed by atoms with Crippen molar-refractivity contribution in [3.05, 3.63) is 0 Å². The number of likely N-dealkylation sites (tertiary alicyclic amines) is 1. The molecule has 0 saturated carbocycles. The Morgan fingerprint density at radius 1 is 0.923 bits per heavy atom. The van der Waals surface area contributed by atoms with E-state index in [1.54, 1.807) is 4.90 Å². The molecule has 1 saturated heterocycles. The fraction of sp³-hybridized carbons (Fsp3) is 0.800. The summed E-state index contributed by atoms with van der Waals surface area (Å²) < 4.78 is 0. The summed E-state index contributed by atoms with van der Waals surface area (Å²) in [6, 6.07) is 0. The van der Waals surface area contributed by atoms with Crippen LogP contribution < -0.4 is 0 Å². The molecule has 0 aromatic carbocycles. The maximum absolute atomic E-state index is 11.3. The van der Waals surface area contributed by atoms with Crippen LogP contribution in [0.15, 0.2) is 0 Å². The van der Waals surface area contributed by atoms with Gasteiger partial charge in [-0.25, -0.2) is 0 Å². The third-order valence-corrected chi connectivity index (χ3v) is 2.44. The summed E-state index contributed by atoms with van der Waals surface area (Å²) in [7, 11) is 0. The Morgan fingerprint density at radius 2 is 1.38 bits per heavy atom. The molecule has 74 valence electrons. The molecule has 0 unspecified atom stereocenters. The van der Waals surface area contributed by atoms with Crippen molar-refractivity contribution in [2.24, 2.45) is 0 Å². The molecule has 0 spiro atoms. The van der Waals surface area contributed by atoms with Gasteiger partial charge in [-0.15, -0.1) is 0 Å². The lowest BCUT2D eigenvalue weighted by Gasteiger charge is -2.23. The van der Waals surface area contributed by atoms with Gasteiger partial charge in [0.05, 0.1) is 0 Å². The lowest BCUT2D eigenvalue weighted by Crippen LogP contribution is -2.37. The SMILES string of the molecule is CC(=O)C(=O)N1CCCCCCC1. The van der Waals surface area contributed by atoms with E-state index >= 15 is 0 Å². The van der Waals surface area contributed by atoms with Crippen LogP contribution in [0.5, 0.6) is 0 Å². The third-order valence-electron chi connectivity index (χ3n) is 2.44. The van der Waals surface area contributed by atoms with Crippen LogP contribution in [0.3, 0.4) is 0 Å². The molecule has 1 heterocycles. The number of ketones is 1. The van der Waals surface area contributed by atoms with Gasteiger partial charge >= 0.3 is 0 Å². The lowest BCUT2D eigenvalue weighted by atomic mass is 10.1. The highest BCUT2D eigenvalue weighted by Crippen LogP contribution is 2.10. The van der Waals surface area contributed by atoms with Gasteiger partial charge in [0.2, 0.25) is 5.78 Å². The van der Waals surface area contributed by atoms with Crippen molar-refractivity contribution in [3.63, 3.8) is 0 Å². The molecule has 0 N–H and O–H groups in total. The van der Waals surface area contributed by atoms with E-state index in [1.807, 2.05) is 0 Å². The first-order valence-corrected chi connectivity index (χ1v) is 5.01. The highest BCUT2D eigenvalue weighted by molar-refractivity contribution is 6.35. The first kappa shape index (κ1) is 10.2. The smallest absolute Gasteiger partial charge is 0.289 e. The Labute approximate surface area is 79.1 Å². The summed E-state index contributed by atoms with van der Waals surface area (Å²) >= 11 is 0. The fourth-order valence-corrected chi connectivity index (χ4v) is 1.67. The molecule has 3 nitrogen and oxygen atoms in total. The van der Waals surface area contributed by atoms with E-state index < -0.39 is 0 Å². The minimum absolute atomic E-state index is 0.304. The molecule has 1 fully saturated rings. The molecule has 0 aromatic heterocycles. The third kappa shape index (κ3) is 3.17. The number of rotatable bonds is 1. The molecule has 0 radical (unpaired) electrons. The van der Waals surface area contributed by atoms with Crippen LogP contribution in [0.25, 0.3) is 0 Å². The van der Waals surface area contributed by atoms with E-state index in [9.17, 15) is 9.59 Å². The standard InChI is InChI=1S/C10H17NO2/c1-9(12)10(13)11-7-5-3-2-4-6-8-11/h2-8H2,1H3. The van der Waals surface area contributed by atoms with Crippen LogP contribution in [0, 0.1) is 0 Å². The maximum Gasteiger partial charge on any atom is 0.289 e. The van der Waals surface area contributed by atoms with Crippen LogP contribution in [0.4, 0.5) is 0 Å². The van der Waals surface area contributed by atoms with Gasteiger partial charge in [-0.3, -0.25) is 9.59 Å². The maximum atomic E-state index is 11.3. The van der Waals surface area contributed by atoms with Gasteiger partial charge in [-0.05, 0) is 12.8 Å². The second-order valence-electron chi connectivity index (χ2n) is 3.62. The van der Waals surface area contributed by atoms with Gasteiger partial charge in [0, 0.05) is 20.0 Å². The molecule has 3 heteroatoms. The predicted octanol–water partition coefficient (Wildman–Crippen LogP) is 1.37. The van der Waals surface area contributed by atoms with Gasteiger partial charge in [0.15, 0.2) is 0 Å². The summed E-state index contributed by atoms with van der Waals surface area (Å²) in [5.41, 5.74) is 0. The quantitative estimate of drug-likeness (QED) is 0.576. The van der Waals surface area contributed by atoms with Crippen molar-refractivity contribution in [1.82, 2.24) is 4.90 Å². The normalized spacial score (nSPS) is 19.0. The largest absolute Gasteiger partial charge is 0.336 e. The first-order valence-electron chi connectivity index (χ1n) is 5.01. The summed E-state index contributed by atoms with van der Waals surface area (Å²) in [5.74, 6) is -0.637. The average molecular weight is 183 g/mol. The van der Waals surface area contributed by atoms with E-state index in [0.717, 1.165) is 25.9 Å². The summed E-state index contributed by atoms with van der Waals surface area (Å²) in [6.45, 7) is 2.87. The van der Waals surface area contributed by atoms with Crippen molar-refractivity contribution < 1.29 is 9.59 Å². The van der Waals surface area contributed by atoms with E-state index in [4.69, 9.17) is 0 Å². The van der Waals surface area contributed by atoms with Gasteiger partial charge < -0.3 is 4.90 Å². The molecular weight excluding hydrogens is 166 g/mol. The number of carbonyl (C=O) groups is 2. The van der Waals surface area contributed by atoms with Crippen molar-refractivity contribution in [3.8, 4) is 0 Å². The lowest BCUT2D eigenvalue weighted by molar-refractivity contribution is -0.143. The number of carbonyl (C=O) groups excluding carboxylic acids is 2. The first-order chi connectivity index (χ1) is 6.22. The topological polar surface area (TPSA) is 37.4 Å². The van der Waals surface area contributed by atoms with Gasteiger partial charge in [0.1, 0.15) is 0 Å². The summed E-state index contributed by atoms with van der Waals surface area (Å²) in [6.07, 6.45) is 5.71. The van der Waals surface area contributed by atoms with Crippen LogP contribution in [0.2, 0.25) is 0 Å². The van der Waals surface area contributed by atoms with Gasteiger partial charge in [-0.2, -0.15) is 0 Å². The van der Waals surface area contributed by atoms with Crippen LogP contribution in [-0.4, -0.2) is 29.7 Å². The zero-order valence-corrected chi connectivity index (χ0v) is 8.21. The van der Waals surface area contributed by atoms with Crippen LogP contribution in [-0.2, 0) is 9.59 Å². The van der Waals surface area contributed by atoms with E-state index in [2.05, 4.69) is 0 Å². The molecule has 0 bridgehead atoms. The number of nitrogens with zero attached hydrogens (tertiary/aromatic N) is 1. The molecule has 1 aliphatic heterocycles. The molecule has 0 aliphatic carbocycles. The minimum atomic E-state index is -0.333. The fourth-order valence-electron chi connectivity index (χ4n) is 1.67. The van der Waals surface area contributed by atoms with Crippen molar-refractivity contribution in [1.29, 1.82) is 0 Å².